The Kier molecular flexibility index (Phi) is 6.72. The number of hydrogen-bond donors (Lipinski definition) is 0. The molecule has 1 saturated carbocycles. The molecule has 3 nitrogen and oxygen atoms in total. The first-order chi connectivity index (χ1) is 13.0. The van der Waals surface area contributed by atoms with E-state index in [1.165, 1.54) is 19.3 Å². The fraction of sp³-hybridized carbons (Fsp3) is 0.478. The quantitative estimate of drug-likeness (QED) is 0.624. The molecule has 3 rings (SSSR count). The van der Waals surface area contributed by atoms with Gasteiger partial charge in [-0.3, -0.25) is 0 Å². The average Bonchev–Trinajstić information content (AvgIpc) is 2.69. The molecule has 1 fully saturated rings. The van der Waals surface area contributed by atoms with Crippen LogP contribution in [0.5, 0.6) is 0 Å². The van der Waals surface area contributed by atoms with E-state index in [9.17, 15) is 8.42 Å². The molecule has 4 heteroatoms. The lowest BCUT2D eigenvalue weighted by Crippen LogP contribution is -2.35. The number of nitrogens with zero attached hydrogens (tertiary/aromatic N) is 1. The highest BCUT2D eigenvalue weighted by atomic mass is 32.2. The monoisotopic (exact) mass is 385 g/mol. The number of sulfonamides is 1. The van der Waals surface area contributed by atoms with Crippen molar-refractivity contribution >= 4 is 10.0 Å². The summed E-state index contributed by atoms with van der Waals surface area (Å²) in [6, 6.07) is 17.3. The summed E-state index contributed by atoms with van der Waals surface area (Å²) in [4.78, 5) is 0.402. The van der Waals surface area contributed by atoms with Crippen molar-refractivity contribution in [2.45, 2.75) is 63.3 Å². The van der Waals surface area contributed by atoms with Gasteiger partial charge in [-0.1, -0.05) is 75.6 Å². The molecular formula is C23H31NO2S. The molecule has 0 N–H and O–H groups in total. The van der Waals surface area contributed by atoms with Crippen LogP contribution in [0, 0.1) is 5.92 Å². The summed E-state index contributed by atoms with van der Waals surface area (Å²) in [7, 11) is -3.51. The van der Waals surface area contributed by atoms with Gasteiger partial charge in [-0.05, 0) is 47.9 Å². The van der Waals surface area contributed by atoms with E-state index in [4.69, 9.17) is 0 Å². The van der Waals surface area contributed by atoms with Crippen molar-refractivity contribution in [3.63, 3.8) is 0 Å². The summed E-state index contributed by atoms with van der Waals surface area (Å²) >= 11 is 0. The van der Waals surface area contributed by atoms with E-state index < -0.39 is 10.0 Å². The average molecular weight is 386 g/mol. The third-order valence-electron chi connectivity index (χ3n) is 5.57. The molecule has 0 radical (unpaired) electrons. The smallest absolute Gasteiger partial charge is 0.207 e. The third-order valence-corrected chi connectivity index (χ3v) is 7.40. The molecule has 0 unspecified atom stereocenters. The van der Waals surface area contributed by atoms with Crippen LogP contribution in [0.3, 0.4) is 0 Å². The van der Waals surface area contributed by atoms with Gasteiger partial charge in [0, 0.05) is 13.1 Å². The van der Waals surface area contributed by atoms with Gasteiger partial charge in [0.25, 0.3) is 0 Å². The van der Waals surface area contributed by atoms with Crippen molar-refractivity contribution in [3.05, 3.63) is 65.7 Å². The molecule has 2 aromatic rings. The Morgan fingerprint density at radius 2 is 1.56 bits per heavy atom. The number of hydrogen-bond acceptors (Lipinski definition) is 2. The fourth-order valence-electron chi connectivity index (χ4n) is 3.87. The van der Waals surface area contributed by atoms with Crippen molar-refractivity contribution in [1.29, 1.82) is 0 Å². The van der Waals surface area contributed by atoms with Crippen LogP contribution in [0.1, 0.15) is 63.0 Å². The van der Waals surface area contributed by atoms with E-state index >= 15 is 0 Å². The Bertz CT molecular complexity index is 807. The van der Waals surface area contributed by atoms with Crippen LogP contribution in [0.15, 0.2) is 59.5 Å². The molecule has 2 aromatic carbocycles. The minimum absolute atomic E-state index is 0.393. The SMILES string of the molecule is CC(C)c1ccc(S(=O)(=O)N(Cc2ccccc2)CC2CCCCC2)cc1. The minimum atomic E-state index is -3.51. The van der Waals surface area contributed by atoms with Crippen LogP contribution < -0.4 is 0 Å². The van der Waals surface area contributed by atoms with E-state index in [0.29, 0.717) is 29.8 Å². The van der Waals surface area contributed by atoms with Crippen molar-refractivity contribution in [2.24, 2.45) is 5.92 Å². The molecule has 0 heterocycles. The predicted octanol–water partition coefficient (Wildman–Crippen LogP) is 5.58. The largest absolute Gasteiger partial charge is 0.243 e. The molecule has 0 atom stereocenters. The summed E-state index contributed by atoms with van der Waals surface area (Å²) in [5.74, 6) is 0.858. The lowest BCUT2D eigenvalue weighted by molar-refractivity contribution is 0.275. The third kappa shape index (κ3) is 5.20. The van der Waals surface area contributed by atoms with Crippen molar-refractivity contribution < 1.29 is 8.42 Å². The standard InChI is InChI=1S/C23H31NO2S/c1-19(2)22-13-15-23(16-14-22)27(25,26)24(17-20-9-5-3-6-10-20)18-21-11-7-4-8-12-21/h3,5-6,9-10,13-16,19,21H,4,7-8,11-12,17-18H2,1-2H3. The maximum atomic E-state index is 13.4. The van der Waals surface area contributed by atoms with Gasteiger partial charge in [-0.25, -0.2) is 8.42 Å². The first kappa shape index (κ1) is 20.1. The Balaban J connectivity index is 1.86. The first-order valence-electron chi connectivity index (χ1n) is 10.1. The Hall–Kier alpha value is -1.65. The summed E-state index contributed by atoms with van der Waals surface area (Å²) < 4.78 is 28.5. The van der Waals surface area contributed by atoms with Crippen LogP contribution in [-0.2, 0) is 16.6 Å². The van der Waals surface area contributed by atoms with Gasteiger partial charge < -0.3 is 0 Å². The molecule has 146 valence electrons. The molecule has 0 bridgehead atoms. The van der Waals surface area contributed by atoms with Crippen molar-refractivity contribution in [3.8, 4) is 0 Å². The Morgan fingerprint density at radius 1 is 0.926 bits per heavy atom. The van der Waals surface area contributed by atoms with Crippen LogP contribution in [0.25, 0.3) is 0 Å². The summed E-state index contributed by atoms with van der Waals surface area (Å²) in [5, 5.41) is 0. The van der Waals surface area contributed by atoms with Gasteiger partial charge in [-0.15, -0.1) is 0 Å². The van der Waals surface area contributed by atoms with Crippen LogP contribution in [-0.4, -0.2) is 19.3 Å². The second kappa shape index (κ2) is 9.03. The fourth-order valence-corrected chi connectivity index (χ4v) is 5.37. The maximum Gasteiger partial charge on any atom is 0.243 e. The molecule has 1 aliphatic rings. The van der Waals surface area contributed by atoms with Gasteiger partial charge in [0.05, 0.1) is 4.90 Å². The molecule has 0 aromatic heterocycles. The van der Waals surface area contributed by atoms with Crippen molar-refractivity contribution in [2.75, 3.05) is 6.54 Å². The highest BCUT2D eigenvalue weighted by Gasteiger charge is 2.28. The van der Waals surface area contributed by atoms with Crippen LogP contribution in [0.4, 0.5) is 0 Å². The maximum absolute atomic E-state index is 13.4. The van der Waals surface area contributed by atoms with Gasteiger partial charge in [0.1, 0.15) is 0 Å². The van der Waals surface area contributed by atoms with Crippen LogP contribution >= 0.6 is 0 Å². The van der Waals surface area contributed by atoms with E-state index in [-0.39, 0.29) is 0 Å². The molecule has 1 aliphatic carbocycles. The number of rotatable bonds is 7. The normalized spacial score (nSPS) is 16.1. The van der Waals surface area contributed by atoms with Crippen molar-refractivity contribution in [1.82, 2.24) is 4.31 Å². The molecule has 0 amide bonds. The second-order valence-corrected chi connectivity index (χ2v) is 9.95. The zero-order valence-electron chi connectivity index (χ0n) is 16.5. The topological polar surface area (TPSA) is 37.4 Å². The summed E-state index contributed by atoms with van der Waals surface area (Å²) in [6.45, 7) is 5.29. The van der Waals surface area contributed by atoms with E-state index in [1.807, 2.05) is 42.5 Å². The van der Waals surface area contributed by atoms with E-state index in [2.05, 4.69) is 13.8 Å². The molecular weight excluding hydrogens is 354 g/mol. The Labute approximate surface area is 164 Å². The Morgan fingerprint density at radius 3 is 2.15 bits per heavy atom. The highest BCUT2D eigenvalue weighted by molar-refractivity contribution is 7.89. The van der Waals surface area contributed by atoms with E-state index in [1.54, 1.807) is 16.4 Å². The molecule has 0 aliphatic heterocycles. The summed E-state index contributed by atoms with van der Waals surface area (Å²) in [5.41, 5.74) is 2.20. The van der Waals surface area contributed by atoms with E-state index in [0.717, 1.165) is 24.0 Å². The zero-order valence-corrected chi connectivity index (χ0v) is 17.3. The minimum Gasteiger partial charge on any atom is -0.207 e. The van der Waals surface area contributed by atoms with Gasteiger partial charge in [0.15, 0.2) is 0 Å². The van der Waals surface area contributed by atoms with Gasteiger partial charge >= 0.3 is 0 Å². The molecule has 27 heavy (non-hydrogen) atoms. The zero-order chi connectivity index (χ0) is 19.3. The predicted molar refractivity (Wildman–Crippen MR) is 111 cm³/mol. The molecule has 0 saturated heterocycles. The number of benzene rings is 2. The molecule has 0 spiro atoms. The highest BCUT2D eigenvalue weighted by Crippen LogP contribution is 2.28. The summed E-state index contributed by atoms with van der Waals surface area (Å²) in [6.07, 6.45) is 5.97. The lowest BCUT2D eigenvalue weighted by Gasteiger charge is -2.29. The second-order valence-electron chi connectivity index (χ2n) is 8.01. The van der Waals surface area contributed by atoms with Crippen LogP contribution in [0.2, 0.25) is 0 Å². The van der Waals surface area contributed by atoms with Gasteiger partial charge in [-0.2, -0.15) is 4.31 Å². The van der Waals surface area contributed by atoms with Gasteiger partial charge in [0.2, 0.25) is 10.0 Å². The first-order valence-corrected chi connectivity index (χ1v) is 11.5. The lowest BCUT2D eigenvalue weighted by atomic mass is 9.89.